The van der Waals surface area contributed by atoms with Crippen molar-refractivity contribution >= 4 is 15.8 Å². The van der Waals surface area contributed by atoms with Crippen molar-refractivity contribution in [3.05, 3.63) is 35.8 Å². The minimum absolute atomic E-state index is 0.184. The van der Waals surface area contributed by atoms with Crippen molar-refractivity contribution < 1.29 is 27.2 Å². The van der Waals surface area contributed by atoms with E-state index in [2.05, 4.69) is 9.68 Å². The summed E-state index contributed by atoms with van der Waals surface area (Å²) in [7, 11) is -3.68. The monoisotopic (exact) mass is 285 g/mol. The summed E-state index contributed by atoms with van der Waals surface area (Å²) in [4.78, 5) is 10.4. The van der Waals surface area contributed by atoms with Gasteiger partial charge in [0.1, 0.15) is 11.5 Å². The number of aromatic carboxylic acids is 1. The van der Waals surface area contributed by atoms with Crippen molar-refractivity contribution in [2.24, 2.45) is 0 Å². The van der Waals surface area contributed by atoms with E-state index in [1.807, 2.05) is 0 Å². The third-order valence-electron chi connectivity index (χ3n) is 2.35. The quantitative estimate of drug-likeness (QED) is 0.919. The number of hydrogen-bond acceptors (Lipinski definition) is 5. The average molecular weight is 285 g/mol. The maximum Gasteiger partial charge on any atom is 0.374 e. The first-order valence-electron chi connectivity index (χ1n) is 4.99. The molecule has 2 rings (SSSR count). The van der Waals surface area contributed by atoms with Crippen LogP contribution >= 0.6 is 0 Å². The summed E-state index contributed by atoms with van der Waals surface area (Å²) in [5.41, 5.74) is -0.489. The molecule has 0 bridgehead atoms. The van der Waals surface area contributed by atoms with Gasteiger partial charge in [0.2, 0.25) is 5.76 Å². The summed E-state index contributed by atoms with van der Waals surface area (Å²) in [6.07, 6.45) is 0.920. The second-order valence-electron chi connectivity index (χ2n) is 3.77. The van der Waals surface area contributed by atoms with Gasteiger partial charge in [-0.05, 0) is 12.1 Å². The van der Waals surface area contributed by atoms with Gasteiger partial charge in [-0.1, -0.05) is 11.2 Å². The van der Waals surface area contributed by atoms with Crippen LogP contribution in [0.3, 0.4) is 0 Å². The van der Waals surface area contributed by atoms with E-state index in [-0.39, 0.29) is 16.2 Å². The van der Waals surface area contributed by atoms with Crippen LogP contribution in [0.5, 0.6) is 0 Å². The zero-order valence-corrected chi connectivity index (χ0v) is 10.4. The number of hydrogen-bond donors (Lipinski definition) is 1. The molecule has 100 valence electrons. The zero-order valence-electron chi connectivity index (χ0n) is 9.62. The van der Waals surface area contributed by atoms with Gasteiger partial charge in [-0.15, -0.1) is 0 Å². The van der Waals surface area contributed by atoms with E-state index in [1.165, 1.54) is 12.1 Å². The third-order valence-corrected chi connectivity index (χ3v) is 3.49. The molecule has 0 aliphatic heterocycles. The minimum atomic E-state index is -3.68. The van der Waals surface area contributed by atoms with Crippen LogP contribution < -0.4 is 0 Å². The Morgan fingerprint density at radius 2 is 2.11 bits per heavy atom. The largest absolute Gasteiger partial charge is 0.475 e. The molecule has 19 heavy (non-hydrogen) atoms. The van der Waals surface area contributed by atoms with Crippen LogP contribution in [0.25, 0.3) is 11.3 Å². The number of aromatic nitrogens is 1. The predicted molar refractivity (Wildman–Crippen MR) is 62.0 cm³/mol. The van der Waals surface area contributed by atoms with Crippen molar-refractivity contribution in [1.29, 1.82) is 0 Å². The lowest BCUT2D eigenvalue weighted by Gasteiger charge is -2.05. The smallest absolute Gasteiger partial charge is 0.374 e. The lowest BCUT2D eigenvalue weighted by atomic mass is 10.1. The summed E-state index contributed by atoms with van der Waals surface area (Å²) in [6, 6.07) is 4.48. The Morgan fingerprint density at radius 1 is 1.42 bits per heavy atom. The first kappa shape index (κ1) is 13.2. The molecule has 1 aromatic carbocycles. The van der Waals surface area contributed by atoms with Gasteiger partial charge in [-0.3, -0.25) is 0 Å². The van der Waals surface area contributed by atoms with E-state index in [0.29, 0.717) is 0 Å². The van der Waals surface area contributed by atoms with E-state index in [1.54, 1.807) is 0 Å². The van der Waals surface area contributed by atoms with Gasteiger partial charge >= 0.3 is 5.97 Å². The van der Waals surface area contributed by atoms with Crippen molar-refractivity contribution in [3.8, 4) is 11.3 Å². The maximum atomic E-state index is 13.8. The molecule has 8 heteroatoms. The fourth-order valence-corrected chi connectivity index (χ4v) is 2.45. The summed E-state index contributed by atoms with van der Waals surface area (Å²) >= 11 is 0. The predicted octanol–water partition coefficient (Wildman–Crippen LogP) is 1.58. The molecule has 1 heterocycles. The van der Waals surface area contributed by atoms with E-state index in [9.17, 15) is 17.6 Å². The van der Waals surface area contributed by atoms with Gasteiger partial charge in [0.05, 0.1) is 10.5 Å². The van der Waals surface area contributed by atoms with Gasteiger partial charge in [0, 0.05) is 12.3 Å². The van der Waals surface area contributed by atoms with Gasteiger partial charge < -0.3 is 9.63 Å². The minimum Gasteiger partial charge on any atom is -0.475 e. The van der Waals surface area contributed by atoms with Crippen LogP contribution in [0.2, 0.25) is 0 Å². The van der Waals surface area contributed by atoms with E-state index < -0.39 is 27.4 Å². The molecule has 0 radical (unpaired) electrons. The van der Waals surface area contributed by atoms with E-state index >= 15 is 0 Å². The molecule has 0 unspecified atom stereocenters. The standard InChI is InChI=1S/C11H8FNO5S/c1-19(16,17)9-4-2-3-6(12)10(9)7-5-8(11(14)15)18-13-7/h2-5H,1H3,(H,14,15). The summed E-state index contributed by atoms with van der Waals surface area (Å²) in [6.45, 7) is 0. The third kappa shape index (κ3) is 2.48. The number of halogens is 1. The summed E-state index contributed by atoms with van der Waals surface area (Å²) in [5.74, 6) is -2.71. The van der Waals surface area contributed by atoms with Crippen LogP contribution in [0.4, 0.5) is 4.39 Å². The molecule has 2 aromatic rings. The second kappa shape index (κ2) is 4.47. The van der Waals surface area contributed by atoms with Gasteiger partial charge in [0.25, 0.3) is 0 Å². The fourth-order valence-electron chi connectivity index (χ4n) is 1.56. The number of carbonyl (C=O) groups is 1. The van der Waals surface area contributed by atoms with Crippen LogP contribution in [0.15, 0.2) is 33.7 Å². The number of benzene rings is 1. The summed E-state index contributed by atoms with van der Waals surface area (Å²) in [5, 5.41) is 12.1. The number of carboxylic acids is 1. The Bertz CT molecular complexity index is 750. The topological polar surface area (TPSA) is 97.5 Å². The maximum absolute atomic E-state index is 13.8. The fraction of sp³-hybridized carbons (Fsp3) is 0.0909. The molecule has 0 amide bonds. The highest BCUT2D eigenvalue weighted by Crippen LogP contribution is 2.29. The van der Waals surface area contributed by atoms with Crippen molar-refractivity contribution in [1.82, 2.24) is 5.16 Å². The average Bonchev–Trinajstić information content (AvgIpc) is 2.76. The van der Waals surface area contributed by atoms with Gasteiger partial charge in [-0.25, -0.2) is 17.6 Å². The van der Waals surface area contributed by atoms with Gasteiger partial charge in [0.15, 0.2) is 9.84 Å². The molecule has 0 spiro atoms. The van der Waals surface area contributed by atoms with E-state index in [0.717, 1.165) is 18.4 Å². The molecule has 1 aromatic heterocycles. The molecule has 1 N–H and O–H groups in total. The van der Waals surface area contributed by atoms with Crippen LogP contribution in [0.1, 0.15) is 10.6 Å². The molecule has 0 fully saturated rings. The highest BCUT2D eigenvalue weighted by atomic mass is 32.2. The molecule has 0 aliphatic rings. The highest BCUT2D eigenvalue weighted by Gasteiger charge is 2.22. The molecule has 0 atom stereocenters. The summed E-state index contributed by atoms with van der Waals surface area (Å²) < 4.78 is 41.4. The van der Waals surface area contributed by atoms with Crippen molar-refractivity contribution in [2.45, 2.75) is 4.90 Å². The number of rotatable bonds is 3. The van der Waals surface area contributed by atoms with Crippen molar-refractivity contribution in [2.75, 3.05) is 6.26 Å². The highest BCUT2D eigenvalue weighted by molar-refractivity contribution is 7.90. The van der Waals surface area contributed by atoms with Crippen LogP contribution in [0, 0.1) is 5.82 Å². The Labute approximate surface area is 107 Å². The Hall–Kier alpha value is -2.22. The normalized spacial score (nSPS) is 11.5. The molecule has 0 saturated heterocycles. The lowest BCUT2D eigenvalue weighted by Crippen LogP contribution is -2.02. The van der Waals surface area contributed by atoms with E-state index in [4.69, 9.17) is 5.11 Å². The molecule has 0 aliphatic carbocycles. The number of carboxylic acid groups (broad SMARTS) is 1. The molecular formula is C11H8FNO5S. The zero-order chi connectivity index (χ0) is 14.2. The number of nitrogens with zero attached hydrogens (tertiary/aromatic N) is 1. The van der Waals surface area contributed by atoms with Crippen LogP contribution in [-0.4, -0.2) is 30.9 Å². The SMILES string of the molecule is CS(=O)(=O)c1cccc(F)c1-c1cc(C(=O)O)on1. The Kier molecular flexibility index (Phi) is 3.11. The molecule has 0 saturated carbocycles. The molecular weight excluding hydrogens is 277 g/mol. The second-order valence-corrected chi connectivity index (χ2v) is 5.75. The first-order chi connectivity index (χ1) is 8.80. The molecule has 6 nitrogen and oxygen atoms in total. The van der Waals surface area contributed by atoms with Gasteiger partial charge in [-0.2, -0.15) is 0 Å². The lowest BCUT2D eigenvalue weighted by molar-refractivity contribution is 0.0652. The Morgan fingerprint density at radius 3 is 2.63 bits per heavy atom. The number of sulfone groups is 1. The first-order valence-corrected chi connectivity index (χ1v) is 6.89. The van der Waals surface area contributed by atoms with Crippen molar-refractivity contribution in [3.63, 3.8) is 0 Å². The Balaban J connectivity index is 2.70. The van der Waals surface area contributed by atoms with Crippen LogP contribution in [-0.2, 0) is 9.84 Å².